The first-order valence-corrected chi connectivity index (χ1v) is 13.9. The van der Waals surface area contributed by atoms with Gasteiger partial charge in [0.05, 0.1) is 37.3 Å². The van der Waals surface area contributed by atoms with E-state index in [4.69, 9.17) is 9.40 Å². The third kappa shape index (κ3) is 5.34. The lowest BCUT2D eigenvalue weighted by Gasteiger charge is -2.58. The minimum atomic E-state index is -0.730. The molecule has 0 radical (unpaired) electrons. The second kappa shape index (κ2) is 10.8. The van der Waals surface area contributed by atoms with Crippen LogP contribution in [0.5, 0.6) is 0 Å². The maximum atomic E-state index is 13.3. The van der Waals surface area contributed by atoms with E-state index >= 15 is 0 Å². The molecule has 37 heavy (non-hydrogen) atoms. The van der Waals surface area contributed by atoms with Crippen LogP contribution < -0.4 is 10.6 Å². The predicted molar refractivity (Wildman–Crippen MR) is 140 cm³/mol. The van der Waals surface area contributed by atoms with Gasteiger partial charge >= 0.3 is 0 Å². The van der Waals surface area contributed by atoms with Gasteiger partial charge in [0.25, 0.3) is 5.91 Å². The second-order valence-electron chi connectivity index (χ2n) is 11.6. The molecule has 0 aliphatic heterocycles. The molecule has 10 heteroatoms. The highest BCUT2D eigenvalue weighted by atomic mass is 32.1. The smallest absolute Gasteiger partial charge is 0.293 e. The summed E-state index contributed by atoms with van der Waals surface area (Å²) in [5.74, 6) is -0.418. The molecule has 204 valence electrons. The number of thiazole rings is 1. The Balaban J connectivity index is 1.67. The van der Waals surface area contributed by atoms with E-state index in [0.717, 1.165) is 10.6 Å². The monoisotopic (exact) mass is 533 g/mol. The topological polar surface area (TPSA) is 145 Å². The van der Waals surface area contributed by atoms with Crippen LogP contribution in [0.1, 0.15) is 80.4 Å². The SMILES string of the molecule is CC(C)CC(CO)NC(=O)CC1c2nc(NC(=O)c3ccco3)sc2CC2C(C)(CO)C(O)CCC12C. The van der Waals surface area contributed by atoms with Crippen molar-refractivity contribution in [2.75, 3.05) is 18.5 Å². The van der Waals surface area contributed by atoms with Crippen molar-refractivity contribution in [2.45, 2.75) is 77.9 Å². The number of aliphatic hydroxyl groups is 3. The molecule has 4 rings (SSSR count). The Hall–Kier alpha value is -2.27. The summed E-state index contributed by atoms with van der Waals surface area (Å²) >= 11 is 1.37. The van der Waals surface area contributed by atoms with Crippen molar-refractivity contribution in [3.63, 3.8) is 0 Å². The number of anilines is 1. The van der Waals surface area contributed by atoms with E-state index in [1.54, 1.807) is 12.1 Å². The van der Waals surface area contributed by atoms with E-state index in [1.807, 2.05) is 20.8 Å². The number of carbonyl (C=O) groups is 2. The van der Waals surface area contributed by atoms with Crippen LogP contribution in [-0.4, -0.2) is 57.5 Å². The van der Waals surface area contributed by atoms with E-state index in [1.165, 1.54) is 17.6 Å². The van der Waals surface area contributed by atoms with Crippen LogP contribution in [0.15, 0.2) is 22.8 Å². The minimum Gasteiger partial charge on any atom is -0.459 e. The number of aromatic nitrogens is 1. The number of aliphatic hydroxyl groups excluding tert-OH is 3. The Kier molecular flexibility index (Phi) is 8.13. The number of nitrogens with zero attached hydrogens (tertiary/aromatic N) is 1. The maximum Gasteiger partial charge on any atom is 0.293 e. The van der Waals surface area contributed by atoms with Gasteiger partial charge in [0, 0.05) is 22.6 Å². The van der Waals surface area contributed by atoms with Gasteiger partial charge in [-0.15, -0.1) is 11.3 Å². The van der Waals surface area contributed by atoms with Crippen LogP contribution in [-0.2, 0) is 11.2 Å². The second-order valence-corrected chi connectivity index (χ2v) is 12.7. The highest BCUT2D eigenvalue weighted by Gasteiger charge is 2.59. The predicted octanol–water partition coefficient (Wildman–Crippen LogP) is 3.32. The van der Waals surface area contributed by atoms with Crippen molar-refractivity contribution in [1.82, 2.24) is 10.3 Å². The number of amides is 2. The van der Waals surface area contributed by atoms with Gasteiger partial charge in [-0.05, 0) is 55.1 Å². The molecule has 0 saturated heterocycles. The molecule has 2 heterocycles. The van der Waals surface area contributed by atoms with Crippen molar-refractivity contribution in [3.05, 3.63) is 34.7 Å². The van der Waals surface area contributed by atoms with Crippen molar-refractivity contribution < 1.29 is 29.3 Å². The average Bonchev–Trinajstić information content (AvgIpc) is 3.52. The minimum absolute atomic E-state index is 0.0857. The highest BCUT2D eigenvalue weighted by molar-refractivity contribution is 7.15. The fraction of sp³-hybridized carbons (Fsp3) is 0.667. The lowest BCUT2D eigenvalue weighted by Crippen LogP contribution is -2.58. The maximum absolute atomic E-state index is 13.3. The molecule has 2 aliphatic carbocycles. The number of furan rings is 1. The van der Waals surface area contributed by atoms with Crippen molar-refractivity contribution in [1.29, 1.82) is 0 Å². The van der Waals surface area contributed by atoms with Gasteiger partial charge in [-0.2, -0.15) is 0 Å². The number of hydrogen-bond acceptors (Lipinski definition) is 8. The normalized spacial score (nSPS) is 29.9. The van der Waals surface area contributed by atoms with Gasteiger partial charge in [-0.3, -0.25) is 14.9 Å². The average molecular weight is 534 g/mol. The summed E-state index contributed by atoms with van der Waals surface area (Å²) < 4.78 is 5.20. The van der Waals surface area contributed by atoms with Gasteiger partial charge in [0.1, 0.15) is 0 Å². The third-order valence-corrected chi connectivity index (χ3v) is 9.60. The summed E-state index contributed by atoms with van der Waals surface area (Å²) in [5.41, 5.74) is -0.342. The van der Waals surface area contributed by atoms with E-state index in [-0.39, 0.29) is 49.2 Å². The molecular formula is C27H39N3O6S. The molecule has 6 atom stereocenters. The summed E-state index contributed by atoms with van der Waals surface area (Å²) in [6, 6.07) is 2.89. The highest BCUT2D eigenvalue weighted by Crippen LogP contribution is 2.62. The molecule has 0 spiro atoms. The molecule has 1 fully saturated rings. The fourth-order valence-corrected chi connectivity index (χ4v) is 7.55. The van der Waals surface area contributed by atoms with Crippen LogP contribution in [0.4, 0.5) is 5.13 Å². The summed E-state index contributed by atoms with van der Waals surface area (Å²) in [6.45, 7) is 7.86. The molecule has 2 aliphatic rings. The van der Waals surface area contributed by atoms with Gasteiger partial charge in [0.2, 0.25) is 5.91 Å². The van der Waals surface area contributed by atoms with Crippen LogP contribution in [0, 0.1) is 22.7 Å². The van der Waals surface area contributed by atoms with E-state index in [9.17, 15) is 24.9 Å². The molecule has 1 saturated carbocycles. The lowest BCUT2D eigenvalue weighted by atomic mass is 9.47. The van der Waals surface area contributed by atoms with Gasteiger partial charge in [-0.25, -0.2) is 4.98 Å². The van der Waals surface area contributed by atoms with Crippen LogP contribution in [0.3, 0.4) is 0 Å². The van der Waals surface area contributed by atoms with Gasteiger partial charge in [-0.1, -0.05) is 27.7 Å². The molecule has 2 amide bonds. The Morgan fingerprint density at radius 1 is 1.30 bits per heavy atom. The third-order valence-electron chi connectivity index (χ3n) is 8.59. The molecular weight excluding hydrogens is 494 g/mol. The van der Waals surface area contributed by atoms with Gasteiger partial charge < -0.3 is 25.1 Å². The Morgan fingerprint density at radius 2 is 2.05 bits per heavy atom. The molecule has 0 aromatic carbocycles. The van der Waals surface area contributed by atoms with Crippen molar-refractivity contribution >= 4 is 28.3 Å². The summed E-state index contributed by atoms with van der Waals surface area (Å²) in [6.07, 6.45) is 3.43. The molecule has 2 aromatic heterocycles. The number of rotatable bonds is 9. The van der Waals surface area contributed by atoms with Crippen molar-refractivity contribution in [3.8, 4) is 0 Å². The fourth-order valence-electron chi connectivity index (χ4n) is 6.49. The zero-order valence-electron chi connectivity index (χ0n) is 22.0. The van der Waals surface area contributed by atoms with E-state index in [0.29, 0.717) is 36.7 Å². The quantitative estimate of drug-likeness (QED) is 0.332. The van der Waals surface area contributed by atoms with Gasteiger partial charge in [0.15, 0.2) is 10.9 Å². The first-order chi connectivity index (χ1) is 17.5. The Morgan fingerprint density at radius 3 is 2.68 bits per heavy atom. The summed E-state index contributed by atoms with van der Waals surface area (Å²) in [5, 5.41) is 37.4. The first-order valence-electron chi connectivity index (χ1n) is 13.0. The molecule has 9 nitrogen and oxygen atoms in total. The van der Waals surface area contributed by atoms with Crippen LogP contribution >= 0.6 is 11.3 Å². The zero-order chi connectivity index (χ0) is 27.0. The van der Waals surface area contributed by atoms with E-state index in [2.05, 4.69) is 17.6 Å². The van der Waals surface area contributed by atoms with E-state index < -0.39 is 22.8 Å². The number of hydrogen-bond donors (Lipinski definition) is 5. The largest absolute Gasteiger partial charge is 0.459 e. The number of nitrogens with one attached hydrogen (secondary N) is 2. The molecule has 5 N–H and O–H groups in total. The van der Waals surface area contributed by atoms with Crippen LogP contribution in [0.2, 0.25) is 0 Å². The summed E-state index contributed by atoms with van der Waals surface area (Å²) in [4.78, 5) is 31.7. The van der Waals surface area contributed by atoms with Crippen LogP contribution in [0.25, 0.3) is 0 Å². The number of fused-ring (bicyclic) bond motifs is 2. The Bertz CT molecular complexity index is 1100. The Labute approximate surface area is 221 Å². The molecule has 6 unspecified atom stereocenters. The standard InChI is InChI=1S/C27H39N3O6S/c1-15(2)10-16(13-31)28-22(34)11-17-23-19(37-25(29-23)30-24(35)18-6-5-9-36-18)12-20-26(17,3)8-7-21(33)27(20,4)14-32/h5-6,9,15-17,20-21,31-33H,7-8,10-14H2,1-4H3,(H,28,34)(H,29,30,35). The number of carbonyl (C=O) groups excluding carboxylic acids is 2. The zero-order valence-corrected chi connectivity index (χ0v) is 22.8. The summed E-state index contributed by atoms with van der Waals surface area (Å²) in [7, 11) is 0. The molecule has 2 aromatic rings. The van der Waals surface area contributed by atoms with Crippen molar-refractivity contribution in [2.24, 2.45) is 22.7 Å². The lowest BCUT2D eigenvalue weighted by molar-refractivity contribution is -0.144. The first kappa shape index (κ1) is 27.8. The molecule has 0 bridgehead atoms.